The Hall–Kier alpha value is 0. The first-order valence-corrected chi connectivity index (χ1v) is 6.23. The molecule has 0 nitrogen and oxygen atoms in total. The molecular formula is C14H28. The van der Waals surface area contributed by atoms with Gasteiger partial charge in [-0.25, -0.2) is 0 Å². The quantitative estimate of drug-likeness (QED) is 0.590. The Labute approximate surface area is 90.5 Å². The zero-order valence-corrected chi connectivity index (χ0v) is 11.0. The summed E-state index contributed by atoms with van der Waals surface area (Å²) in [7, 11) is 0. The van der Waals surface area contributed by atoms with Gasteiger partial charge in [0.15, 0.2) is 0 Å². The van der Waals surface area contributed by atoms with Crippen LogP contribution < -0.4 is 0 Å². The molecule has 0 spiro atoms. The third-order valence-electron chi connectivity index (χ3n) is 4.51. The zero-order valence-electron chi connectivity index (χ0n) is 11.0. The van der Waals surface area contributed by atoms with Crippen molar-refractivity contribution < 1.29 is 0 Å². The molecule has 0 N–H and O–H groups in total. The molecule has 84 valence electrons. The minimum atomic E-state index is 0.516. The molecule has 0 aliphatic heterocycles. The molecule has 2 unspecified atom stereocenters. The molecule has 1 fully saturated rings. The van der Waals surface area contributed by atoms with Gasteiger partial charge in [0.2, 0.25) is 0 Å². The van der Waals surface area contributed by atoms with Crippen LogP contribution in [0, 0.1) is 22.7 Å². The standard InChI is InChI=1S/C14H28/c1-11-7-8-12(14(11,5)6)9-10-13(2,3)4/h11-12H,7-10H2,1-6H3. The largest absolute Gasteiger partial charge is 0.0620 e. The highest BCUT2D eigenvalue weighted by Crippen LogP contribution is 2.49. The average Bonchev–Trinajstić information content (AvgIpc) is 2.23. The van der Waals surface area contributed by atoms with Crippen LogP contribution in [0.1, 0.15) is 67.2 Å². The lowest BCUT2D eigenvalue weighted by molar-refractivity contribution is 0.170. The summed E-state index contributed by atoms with van der Waals surface area (Å²) in [4.78, 5) is 0. The average molecular weight is 196 g/mol. The molecule has 0 heteroatoms. The van der Waals surface area contributed by atoms with Crippen LogP contribution >= 0.6 is 0 Å². The van der Waals surface area contributed by atoms with Gasteiger partial charge in [0, 0.05) is 0 Å². The topological polar surface area (TPSA) is 0 Å². The summed E-state index contributed by atoms with van der Waals surface area (Å²) < 4.78 is 0. The van der Waals surface area contributed by atoms with Crippen molar-refractivity contribution in [2.24, 2.45) is 22.7 Å². The van der Waals surface area contributed by atoms with E-state index >= 15 is 0 Å². The summed E-state index contributed by atoms with van der Waals surface area (Å²) >= 11 is 0. The highest BCUT2D eigenvalue weighted by Gasteiger charge is 2.40. The zero-order chi connectivity index (χ0) is 11.0. The fourth-order valence-electron chi connectivity index (χ4n) is 2.72. The van der Waals surface area contributed by atoms with E-state index < -0.39 is 0 Å². The van der Waals surface area contributed by atoms with Gasteiger partial charge in [0.25, 0.3) is 0 Å². The van der Waals surface area contributed by atoms with Gasteiger partial charge in [-0.15, -0.1) is 0 Å². The first-order valence-electron chi connectivity index (χ1n) is 6.23. The molecule has 0 amide bonds. The van der Waals surface area contributed by atoms with Crippen molar-refractivity contribution in [3.05, 3.63) is 0 Å². The Morgan fingerprint density at radius 3 is 2.07 bits per heavy atom. The Morgan fingerprint density at radius 1 is 1.14 bits per heavy atom. The van der Waals surface area contributed by atoms with E-state index in [1.807, 2.05) is 0 Å². The van der Waals surface area contributed by atoms with E-state index in [9.17, 15) is 0 Å². The maximum atomic E-state index is 2.47. The summed E-state index contributed by atoms with van der Waals surface area (Å²) in [5.41, 5.74) is 1.10. The smallest absolute Gasteiger partial charge is 0.0300 e. The Morgan fingerprint density at radius 2 is 1.71 bits per heavy atom. The van der Waals surface area contributed by atoms with Crippen molar-refractivity contribution >= 4 is 0 Å². The predicted octanol–water partition coefficient (Wildman–Crippen LogP) is 4.89. The SMILES string of the molecule is CC1CCC(CCC(C)(C)C)C1(C)C. The lowest BCUT2D eigenvalue weighted by Gasteiger charge is -2.33. The maximum absolute atomic E-state index is 2.47. The third-order valence-corrected chi connectivity index (χ3v) is 4.51. The first kappa shape index (κ1) is 12.1. The van der Waals surface area contributed by atoms with Gasteiger partial charge < -0.3 is 0 Å². The van der Waals surface area contributed by atoms with E-state index in [0.717, 1.165) is 11.8 Å². The fraction of sp³-hybridized carbons (Fsp3) is 1.00. The van der Waals surface area contributed by atoms with Crippen LogP contribution in [0.15, 0.2) is 0 Å². The molecule has 0 bridgehead atoms. The molecule has 1 aliphatic carbocycles. The molecular weight excluding hydrogens is 168 g/mol. The van der Waals surface area contributed by atoms with Crippen molar-refractivity contribution in [3.63, 3.8) is 0 Å². The number of hydrogen-bond acceptors (Lipinski definition) is 0. The van der Waals surface area contributed by atoms with E-state index in [2.05, 4.69) is 41.5 Å². The molecule has 0 aromatic heterocycles. The maximum Gasteiger partial charge on any atom is -0.0300 e. The molecule has 14 heavy (non-hydrogen) atoms. The van der Waals surface area contributed by atoms with E-state index in [1.54, 1.807) is 0 Å². The Kier molecular flexibility index (Phi) is 3.33. The van der Waals surface area contributed by atoms with Crippen LogP contribution in [-0.2, 0) is 0 Å². The summed E-state index contributed by atoms with van der Waals surface area (Å²) in [5.74, 6) is 1.89. The van der Waals surface area contributed by atoms with Crippen molar-refractivity contribution in [2.45, 2.75) is 67.2 Å². The van der Waals surface area contributed by atoms with Crippen LogP contribution in [0.5, 0.6) is 0 Å². The van der Waals surface area contributed by atoms with E-state index in [4.69, 9.17) is 0 Å². The minimum absolute atomic E-state index is 0.516. The number of hydrogen-bond donors (Lipinski definition) is 0. The van der Waals surface area contributed by atoms with Crippen molar-refractivity contribution in [3.8, 4) is 0 Å². The summed E-state index contributed by atoms with van der Waals surface area (Å²) in [6.07, 6.45) is 5.72. The van der Waals surface area contributed by atoms with Gasteiger partial charge >= 0.3 is 0 Å². The molecule has 1 rings (SSSR count). The summed E-state index contributed by atoms with van der Waals surface area (Å²) in [6, 6.07) is 0. The second kappa shape index (κ2) is 3.87. The summed E-state index contributed by atoms with van der Waals surface area (Å²) in [6.45, 7) is 14.4. The van der Waals surface area contributed by atoms with Crippen molar-refractivity contribution in [2.75, 3.05) is 0 Å². The molecule has 0 heterocycles. The molecule has 0 saturated heterocycles. The van der Waals surface area contributed by atoms with Gasteiger partial charge in [-0.2, -0.15) is 0 Å². The van der Waals surface area contributed by atoms with Crippen LogP contribution in [-0.4, -0.2) is 0 Å². The Balaban J connectivity index is 2.47. The highest BCUT2D eigenvalue weighted by atomic mass is 14.4. The van der Waals surface area contributed by atoms with Crippen LogP contribution in [0.4, 0.5) is 0 Å². The van der Waals surface area contributed by atoms with Gasteiger partial charge in [-0.3, -0.25) is 0 Å². The third kappa shape index (κ3) is 2.74. The predicted molar refractivity (Wildman–Crippen MR) is 64.4 cm³/mol. The van der Waals surface area contributed by atoms with E-state index in [0.29, 0.717) is 10.8 Å². The molecule has 0 aromatic rings. The van der Waals surface area contributed by atoms with Crippen molar-refractivity contribution in [1.82, 2.24) is 0 Å². The lowest BCUT2D eigenvalue weighted by atomic mass is 9.73. The normalized spacial score (nSPS) is 32.1. The molecule has 0 aromatic carbocycles. The minimum Gasteiger partial charge on any atom is -0.0620 e. The molecule has 0 radical (unpaired) electrons. The fourth-order valence-corrected chi connectivity index (χ4v) is 2.72. The van der Waals surface area contributed by atoms with E-state index in [1.165, 1.54) is 25.7 Å². The second-order valence-corrected chi connectivity index (χ2v) is 7.10. The van der Waals surface area contributed by atoms with Crippen LogP contribution in [0.25, 0.3) is 0 Å². The monoisotopic (exact) mass is 196 g/mol. The van der Waals surface area contributed by atoms with Gasteiger partial charge in [0.1, 0.15) is 0 Å². The van der Waals surface area contributed by atoms with Gasteiger partial charge in [-0.1, -0.05) is 41.5 Å². The first-order chi connectivity index (χ1) is 6.23. The molecule has 1 aliphatic rings. The number of rotatable bonds is 2. The van der Waals surface area contributed by atoms with Crippen LogP contribution in [0.2, 0.25) is 0 Å². The van der Waals surface area contributed by atoms with Crippen LogP contribution in [0.3, 0.4) is 0 Å². The van der Waals surface area contributed by atoms with Gasteiger partial charge in [0.05, 0.1) is 0 Å². The Bertz CT molecular complexity index is 183. The van der Waals surface area contributed by atoms with Crippen molar-refractivity contribution in [1.29, 1.82) is 0 Å². The summed E-state index contributed by atoms with van der Waals surface area (Å²) in [5, 5.41) is 0. The van der Waals surface area contributed by atoms with Gasteiger partial charge in [-0.05, 0) is 48.3 Å². The van der Waals surface area contributed by atoms with E-state index in [-0.39, 0.29) is 0 Å². The second-order valence-electron chi connectivity index (χ2n) is 7.10. The molecule has 1 saturated carbocycles. The lowest BCUT2D eigenvalue weighted by Crippen LogP contribution is -2.24. The highest BCUT2D eigenvalue weighted by molar-refractivity contribution is 4.90. The molecule has 2 atom stereocenters.